The molecule has 0 radical (unpaired) electrons. The summed E-state index contributed by atoms with van der Waals surface area (Å²) in [6.07, 6.45) is -0.269. The van der Waals surface area contributed by atoms with Crippen molar-refractivity contribution in [2.45, 2.75) is 29.5 Å². The van der Waals surface area contributed by atoms with Crippen molar-refractivity contribution < 1.29 is 29.4 Å². The van der Waals surface area contributed by atoms with E-state index in [4.69, 9.17) is 15.9 Å². The number of carboxylic acid groups (broad SMARTS) is 2. The van der Waals surface area contributed by atoms with E-state index >= 15 is 0 Å². The minimum Gasteiger partial charge on any atom is -0.480 e. The average Bonchev–Trinajstić information content (AvgIpc) is 2.50. The maximum Gasteiger partial charge on any atom is 0.335 e. The van der Waals surface area contributed by atoms with Gasteiger partial charge in [-0.3, -0.25) is 14.5 Å². The minimum absolute atomic E-state index is 0.0220. The summed E-state index contributed by atoms with van der Waals surface area (Å²) in [6, 6.07) is -1.43. The molecule has 12 heteroatoms. The second-order valence-electron chi connectivity index (χ2n) is 4.77. The van der Waals surface area contributed by atoms with E-state index in [1.165, 1.54) is 6.92 Å². The zero-order valence-corrected chi connectivity index (χ0v) is 16.3. The number of amides is 2. The first-order chi connectivity index (χ1) is 11.0. The molecule has 0 rings (SSSR count). The van der Waals surface area contributed by atoms with E-state index in [-0.39, 0.29) is 23.7 Å². The van der Waals surface area contributed by atoms with Crippen molar-refractivity contribution in [1.29, 1.82) is 0 Å². The van der Waals surface area contributed by atoms with Crippen molar-refractivity contribution in [3.63, 3.8) is 0 Å². The van der Waals surface area contributed by atoms with Crippen LogP contribution in [-0.4, -0.2) is 72.3 Å². The molecule has 0 unspecified atom stereocenters. The van der Waals surface area contributed by atoms with Crippen molar-refractivity contribution in [2.75, 3.05) is 17.3 Å². The fourth-order valence-corrected chi connectivity index (χ4v) is 3.25. The molecule has 0 aromatic heterocycles. The number of thiol groups is 3. The molecule has 2 amide bonds. The summed E-state index contributed by atoms with van der Waals surface area (Å²) in [7, 11) is 0. The second kappa shape index (κ2) is 10.4. The third kappa shape index (κ3) is 6.39. The highest BCUT2D eigenvalue weighted by Crippen LogP contribution is 2.23. The van der Waals surface area contributed by atoms with E-state index in [9.17, 15) is 19.2 Å². The Balaban J connectivity index is 5.12. The molecule has 0 aliphatic carbocycles. The maximum absolute atomic E-state index is 12.3. The molecular weight excluding hydrogens is 396 g/mol. The van der Waals surface area contributed by atoms with Crippen molar-refractivity contribution >= 4 is 73.4 Å². The van der Waals surface area contributed by atoms with Gasteiger partial charge in [0.2, 0.25) is 11.8 Å². The summed E-state index contributed by atoms with van der Waals surface area (Å²) in [5.41, 5.74) is 5.62. The number of carbonyl (C=O) groups excluding carboxylic acids is 2. The number of rotatable bonds is 10. The highest BCUT2D eigenvalue weighted by atomic mass is 32.2. The van der Waals surface area contributed by atoms with Crippen LogP contribution >= 0.6 is 49.6 Å². The number of imide groups is 1. The average molecular weight is 417 g/mol. The van der Waals surface area contributed by atoms with Gasteiger partial charge in [0.25, 0.3) is 0 Å². The van der Waals surface area contributed by atoms with Crippen LogP contribution in [0.3, 0.4) is 0 Å². The highest BCUT2D eigenvalue weighted by molar-refractivity contribution is 8.02. The first kappa shape index (κ1) is 23.4. The Hall–Kier alpha value is -0.560. The third-order valence-electron chi connectivity index (χ3n) is 2.91. The monoisotopic (exact) mass is 416 g/mol. The summed E-state index contributed by atoms with van der Waals surface area (Å²) >= 11 is 12.4. The van der Waals surface area contributed by atoms with Crippen molar-refractivity contribution in [1.82, 2.24) is 4.90 Å². The van der Waals surface area contributed by atoms with Crippen molar-refractivity contribution in [2.24, 2.45) is 5.73 Å². The highest BCUT2D eigenvalue weighted by Gasteiger charge is 2.36. The summed E-state index contributed by atoms with van der Waals surface area (Å²) in [6.45, 7) is 1.41. The quantitative estimate of drug-likeness (QED) is 0.213. The molecule has 3 atom stereocenters. The van der Waals surface area contributed by atoms with Crippen LogP contribution in [0, 0.1) is 0 Å². The number of thioether (sulfide) groups is 1. The first-order valence-electron chi connectivity index (χ1n) is 6.66. The van der Waals surface area contributed by atoms with Gasteiger partial charge in [-0.2, -0.15) is 37.9 Å². The zero-order chi connectivity index (χ0) is 19.1. The molecule has 0 bridgehead atoms. The largest absolute Gasteiger partial charge is 0.480 e. The molecule has 0 aliphatic heterocycles. The molecule has 0 fully saturated rings. The van der Waals surface area contributed by atoms with E-state index in [1.807, 2.05) is 0 Å². The van der Waals surface area contributed by atoms with Crippen LogP contribution in [0.25, 0.3) is 0 Å². The van der Waals surface area contributed by atoms with Gasteiger partial charge in [-0.15, -0.1) is 11.8 Å². The number of carboxylic acids is 2. The molecule has 0 aromatic rings. The van der Waals surface area contributed by atoms with Gasteiger partial charge >= 0.3 is 11.9 Å². The number of nitrogens with zero attached hydrogens (tertiary/aromatic N) is 1. The standard InChI is InChI=1S/C12H20N2O6S4/c1-6(23)9(16)14(7(4-21)10(17)18)8(15)2-3-24-12(13,5-22)11(19)20/h6-7,21-23H,2-5,13H2,1H3,(H,17,18)(H,19,20)/t6-,7+,12+/m1/s1. The van der Waals surface area contributed by atoms with Gasteiger partial charge in [-0.25, -0.2) is 9.59 Å². The molecule has 138 valence electrons. The Morgan fingerprint density at radius 3 is 2.12 bits per heavy atom. The molecular formula is C12H20N2O6S4. The van der Waals surface area contributed by atoms with Crippen LogP contribution in [0.4, 0.5) is 0 Å². The summed E-state index contributed by atoms with van der Waals surface area (Å²) in [5.74, 6) is -4.62. The predicted molar refractivity (Wildman–Crippen MR) is 101 cm³/mol. The van der Waals surface area contributed by atoms with E-state index in [1.54, 1.807) is 0 Å². The molecule has 0 aromatic carbocycles. The third-order valence-corrected chi connectivity index (χ3v) is 5.43. The molecule has 24 heavy (non-hydrogen) atoms. The van der Waals surface area contributed by atoms with E-state index < -0.39 is 39.9 Å². The molecule has 0 heterocycles. The molecule has 0 saturated carbocycles. The molecule has 0 aliphatic rings. The predicted octanol–water partition coefficient (Wildman–Crippen LogP) is -0.164. The Bertz CT molecular complexity index is 504. The topological polar surface area (TPSA) is 138 Å². The molecule has 0 spiro atoms. The number of aliphatic carboxylic acids is 2. The van der Waals surface area contributed by atoms with Crippen molar-refractivity contribution in [3.05, 3.63) is 0 Å². The molecule has 8 nitrogen and oxygen atoms in total. The summed E-state index contributed by atoms with van der Waals surface area (Å²) in [4.78, 5) is 45.6. The van der Waals surface area contributed by atoms with E-state index in [0.717, 1.165) is 11.8 Å². The Morgan fingerprint density at radius 2 is 1.79 bits per heavy atom. The van der Waals surface area contributed by atoms with Crippen molar-refractivity contribution in [3.8, 4) is 0 Å². The van der Waals surface area contributed by atoms with Crippen LogP contribution in [0.2, 0.25) is 0 Å². The Morgan fingerprint density at radius 1 is 1.25 bits per heavy atom. The van der Waals surface area contributed by atoms with Crippen LogP contribution in [0.5, 0.6) is 0 Å². The van der Waals surface area contributed by atoms with E-state index in [0.29, 0.717) is 4.90 Å². The number of hydrogen-bond acceptors (Lipinski definition) is 9. The smallest absolute Gasteiger partial charge is 0.335 e. The lowest BCUT2D eigenvalue weighted by Gasteiger charge is -2.28. The van der Waals surface area contributed by atoms with Gasteiger partial charge in [-0.1, -0.05) is 0 Å². The molecule has 0 saturated heterocycles. The van der Waals surface area contributed by atoms with Crippen LogP contribution < -0.4 is 5.73 Å². The lowest BCUT2D eigenvalue weighted by molar-refractivity contribution is -0.156. The van der Waals surface area contributed by atoms with Crippen LogP contribution in [0.1, 0.15) is 13.3 Å². The fourth-order valence-electron chi connectivity index (χ4n) is 1.54. The fraction of sp³-hybridized carbons (Fsp3) is 0.667. The number of hydrogen-bond donors (Lipinski definition) is 6. The second-order valence-corrected chi connectivity index (χ2v) is 7.65. The molecule has 4 N–H and O–H groups in total. The first-order valence-corrected chi connectivity index (χ1v) is 9.43. The van der Waals surface area contributed by atoms with Gasteiger partial charge in [0.1, 0.15) is 6.04 Å². The Labute approximate surface area is 160 Å². The summed E-state index contributed by atoms with van der Waals surface area (Å²) < 4.78 is 0. The number of nitrogens with two attached hydrogens (primary N) is 1. The van der Waals surface area contributed by atoms with Crippen LogP contribution in [0.15, 0.2) is 0 Å². The van der Waals surface area contributed by atoms with Gasteiger partial charge in [0.15, 0.2) is 4.87 Å². The van der Waals surface area contributed by atoms with Gasteiger partial charge in [-0.05, 0) is 6.92 Å². The lowest BCUT2D eigenvalue weighted by Crippen LogP contribution is -2.52. The Kier molecular flexibility index (Phi) is 10.2. The van der Waals surface area contributed by atoms with E-state index in [2.05, 4.69) is 37.9 Å². The van der Waals surface area contributed by atoms with Crippen LogP contribution in [-0.2, 0) is 19.2 Å². The van der Waals surface area contributed by atoms with Gasteiger partial charge < -0.3 is 15.9 Å². The normalized spacial score (nSPS) is 15.9. The minimum atomic E-state index is -1.68. The SMILES string of the molecule is C[C@@H](S)C(=O)N(C(=O)CCS[C@@](N)(CS)C(=O)O)[C@@H](CS)C(=O)O. The maximum atomic E-state index is 12.3. The summed E-state index contributed by atoms with van der Waals surface area (Å²) in [5, 5.41) is 17.3. The van der Waals surface area contributed by atoms with Gasteiger partial charge in [0, 0.05) is 23.7 Å². The lowest BCUT2D eigenvalue weighted by atomic mass is 10.2. The number of carbonyl (C=O) groups is 4. The van der Waals surface area contributed by atoms with Gasteiger partial charge in [0.05, 0.1) is 5.25 Å². The zero-order valence-electron chi connectivity index (χ0n) is 12.8.